The van der Waals surface area contributed by atoms with Crippen molar-refractivity contribution in [2.75, 3.05) is 26.4 Å². The number of aliphatic hydroxyl groups excluding tert-OH is 1. The van der Waals surface area contributed by atoms with Crippen molar-refractivity contribution in [3.63, 3.8) is 0 Å². The highest BCUT2D eigenvalue weighted by molar-refractivity contribution is 5.78. The van der Waals surface area contributed by atoms with Gasteiger partial charge in [0.05, 0.1) is 26.1 Å². The largest absolute Gasteiger partial charge is 0.462 e. The van der Waals surface area contributed by atoms with Crippen LogP contribution in [0, 0.1) is 12.3 Å². The van der Waals surface area contributed by atoms with E-state index in [1.54, 1.807) is 27.7 Å². The summed E-state index contributed by atoms with van der Waals surface area (Å²) in [7, 11) is 0. The van der Waals surface area contributed by atoms with Gasteiger partial charge in [-0.25, -0.2) is 0 Å². The molecule has 15 heteroatoms. The molecule has 1 fully saturated rings. The SMILES string of the molecule is C#CCOCC1O[C@@H](OCCN=[N+]=[N-])C(NC(=O)C[C@@H](CC)OC(=O)CC)C(OC(=O)C[C@@H](CC)OC(=O)CC)[C@@H]1O. The number of ether oxygens (including phenoxy) is 6. The highest BCUT2D eigenvalue weighted by Gasteiger charge is 2.49. The second kappa shape index (κ2) is 20.5. The Balaban J connectivity index is 3.26. The zero-order valence-corrected chi connectivity index (χ0v) is 24.6. The van der Waals surface area contributed by atoms with E-state index in [1.165, 1.54) is 0 Å². The predicted octanol–water partition coefficient (Wildman–Crippen LogP) is 1.69. The van der Waals surface area contributed by atoms with Gasteiger partial charge in [-0.1, -0.05) is 38.7 Å². The maximum Gasteiger partial charge on any atom is 0.310 e. The Hall–Kier alpha value is -3.41. The molecule has 0 bridgehead atoms. The molecule has 0 radical (unpaired) electrons. The smallest absolute Gasteiger partial charge is 0.310 e. The van der Waals surface area contributed by atoms with E-state index in [0.29, 0.717) is 12.8 Å². The first-order chi connectivity index (χ1) is 20.1. The van der Waals surface area contributed by atoms with Gasteiger partial charge in [-0.2, -0.15) is 0 Å². The fourth-order valence-corrected chi connectivity index (χ4v) is 3.89. The van der Waals surface area contributed by atoms with Crippen LogP contribution in [0.5, 0.6) is 0 Å². The number of amides is 1. The molecule has 7 atom stereocenters. The predicted molar refractivity (Wildman–Crippen MR) is 146 cm³/mol. The first-order valence-corrected chi connectivity index (χ1v) is 14.0. The van der Waals surface area contributed by atoms with Crippen LogP contribution in [-0.4, -0.2) is 98.1 Å². The van der Waals surface area contributed by atoms with E-state index < -0.39 is 66.7 Å². The summed E-state index contributed by atoms with van der Waals surface area (Å²) in [5, 5.41) is 17.3. The Bertz CT molecular complexity index is 966. The van der Waals surface area contributed by atoms with Crippen molar-refractivity contribution in [1.29, 1.82) is 0 Å². The van der Waals surface area contributed by atoms with Crippen LogP contribution < -0.4 is 5.32 Å². The molecular formula is C27H42N4O11. The number of nitrogens with one attached hydrogen (secondary N) is 1. The van der Waals surface area contributed by atoms with Gasteiger partial charge in [0, 0.05) is 24.3 Å². The van der Waals surface area contributed by atoms with Crippen LogP contribution in [-0.2, 0) is 47.6 Å². The van der Waals surface area contributed by atoms with Crippen molar-refractivity contribution in [3.8, 4) is 12.3 Å². The van der Waals surface area contributed by atoms with Crippen LogP contribution >= 0.6 is 0 Å². The summed E-state index contributed by atoms with van der Waals surface area (Å²) in [6, 6.07) is -1.25. The standard InChI is InChI=1S/C27H42N4O11/c1-6-12-37-16-19-25(36)26(42-23(35)15-18(8-3)40-22(34)10-5)24(27(41-19)38-13-11-29-31-28)30-20(32)14-17(7-2)39-21(33)9-4/h1,17-19,24-27,36H,7-16H2,2-5H3,(H,30,32)/t17-,18-,19?,24?,25-,26?,27-/m1/s1. The quantitative estimate of drug-likeness (QED) is 0.0416. The van der Waals surface area contributed by atoms with Crippen molar-refractivity contribution in [2.24, 2.45) is 5.11 Å². The summed E-state index contributed by atoms with van der Waals surface area (Å²) in [4.78, 5) is 52.2. The van der Waals surface area contributed by atoms with E-state index >= 15 is 0 Å². The molecule has 0 aliphatic carbocycles. The molecule has 42 heavy (non-hydrogen) atoms. The molecule has 0 spiro atoms. The normalized spacial score (nSPS) is 22.9. The third-order valence-electron chi connectivity index (χ3n) is 6.16. The number of hydrogen-bond acceptors (Lipinski definition) is 12. The molecule has 1 aliphatic rings. The topological polar surface area (TPSA) is 205 Å². The fourth-order valence-electron chi connectivity index (χ4n) is 3.89. The Labute approximate surface area is 245 Å². The Morgan fingerprint density at radius 3 is 2.21 bits per heavy atom. The van der Waals surface area contributed by atoms with Crippen molar-refractivity contribution in [1.82, 2.24) is 5.32 Å². The number of nitrogens with zero attached hydrogens (tertiary/aromatic N) is 3. The number of azide groups is 1. The Morgan fingerprint density at radius 2 is 1.67 bits per heavy atom. The zero-order valence-electron chi connectivity index (χ0n) is 24.6. The first-order valence-electron chi connectivity index (χ1n) is 14.0. The van der Waals surface area contributed by atoms with E-state index in [-0.39, 0.29) is 52.0 Å². The molecule has 15 nitrogen and oxygen atoms in total. The molecule has 0 aromatic carbocycles. The lowest BCUT2D eigenvalue weighted by atomic mass is 9.96. The number of carbonyl (C=O) groups excluding carboxylic acids is 4. The zero-order chi connectivity index (χ0) is 31.5. The number of aliphatic hydroxyl groups is 1. The molecule has 0 aromatic rings. The van der Waals surface area contributed by atoms with Crippen LogP contribution in [0.3, 0.4) is 0 Å². The van der Waals surface area contributed by atoms with Crippen LogP contribution in [0.25, 0.3) is 10.4 Å². The number of rotatable bonds is 19. The minimum Gasteiger partial charge on any atom is -0.462 e. The van der Waals surface area contributed by atoms with Crippen LogP contribution in [0.15, 0.2) is 5.11 Å². The maximum atomic E-state index is 13.1. The summed E-state index contributed by atoms with van der Waals surface area (Å²) < 4.78 is 33.1. The van der Waals surface area contributed by atoms with Gasteiger partial charge in [0.15, 0.2) is 12.4 Å². The fraction of sp³-hybridized carbons (Fsp3) is 0.778. The van der Waals surface area contributed by atoms with Gasteiger partial charge in [0.25, 0.3) is 0 Å². The van der Waals surface area contributed by atoms with Gasteiger partial charge in [0.2, 0.25) is 5.91 Å². The molecule has 1 rings (SSSR count). The van der Waals surface area contributed by atoms with Crippen molar-refractivity contribution < 1.29 is 52.7 Å². The second-order valence-corrected chi connectivity index (χ2v) is 9.28. The summed E-state index contributed by atoms with van der Waals surface area (Å²) in [5.41, 5.74) is 8.59. The second-order valence-electron chi connectivity index (χ2n) is 9.28. The monoisotopic (exact) mass is 598 g/mol. The molecule has 2 N–H and O–H groups in total. The lowest BCUT2D eigenvalue weighted by Crippen LogP contribution is -2.66. The molecule has 3 unspecified atom stereocenters. The van der Waals surface area contributed by atoms with E-state index in [2.05, 4.69) is 21.3 Å². The van der Waals surface area contributed by atoms with Crippen molar-refractivity contribution >= 4 is 23.8 Å². The summed E-state index contributed by atoms with van der Waals surface area (Å²) in [5.74, 6) is -0.0706. The number of esters is 3. The molecule has 1 aliphatic heterocycles. The summed E-state index contributed by atoms with van der Waals surface area (Å²) >= 11 is 0. The molecule has 0 saturated carbocycles. The van der Waals surface area contributed by atoms with E-state index in [1.807, 2.05) is 0 Å². The van der Waals surface area contributed by atoms with Crippen molar-refractivity contribution in [3.05, 3.63) is 10.4 Å². The maximum absolute atomic E-state index is 13.1. The summed E-state index contributed by atoms with van der Waals surface area (Å²) in [6.07, 6.45) is -1.13. The van der Waals surface area contributed by atoms with Gasteiger partial charge in [-0.3, -0.25) is 19.2 Å². The molecule has 1 amide bonds. The molecule has 236 valence electrons. The molecule has 0 aromatic heterocycles. The van der Waals surface area contributed by atoms with E-state index in [0.717, 1.165) is 0 Å². The van der Waals surface area contributed by atoms with Crippen LogP contribution in [0.2, 0.25) is 0 Å². The molecular weight excluding hydrogens is 556 g/mol. The van der Waals surface area contributed by atoms with E-state index in [4.69, 9.17) is 40.4 Å². The van der Waals surface area contributed by atoms with Crippen LogP contribution in [0.1, 0.15) is 66.2 Å². The van der Waals surface area contributed by atoms with Gasteiger partial charge in [0.1, 0.15) is 37.1 Å². The minimum atomic E-state index is -1.51. The van der Waals surface area contributed by atoms with Gasteiger partial charge >= 0.3 is 17.9 Å². The molecule has 1 heterocycles. The van der Waals surface area contributed by atoms with Crippen molar-refractivity contribution in [2.45, 2.75) is 109 Å². The van der Waals surface area contributed by atoms with Crippen LogP contribution in [0.4, 0.5) is 0 Å². The minimum absolute atomic E-state index is 0.0752. The van der Waals surface area contributed by atoms with Gasteiger partial charge < -0.3 is 38.8 Å². The Morgan fingerprint density at radius 1 is 1.05 bits per heavy atom. The van der Waals surface area contributed by atoms with Gasteiger partial charge in [-0.15, -0.1) is 6.42 Å². The number of hydrogen-bond donors (Lipinski definition) is 2. The lowest BCUT2D eigenvalue weighted by Gasteiger charge is -2.44. The Kier molecular flexibility index (Phi) is 17.8. The number of carbonyl (C=O) groups is 4. The highest BCUT2D eigenvalue weighted by atomic mass is 16.7. The lowest BCUT2D eigenvalue weighted by molar-refractivity contribution is -0.275. The number of terminal acetylenes is 1. The highest BCUT2D eigenvalue weighted by Crippen LogP contribution is 2.26. The van der Waals surface area contributed by atoms with Gasteiger partial charge in [-0.05, 0) is 18.4 Å². The third-order valence-corrected chi connectivity index (χ3v) is 6.16. The van der Waals surface area contributed by atoms with E-state index in [9.17, 15) is 24.3 Å². The third kappa shape index (κ3) is 13.1. The molecule has 1 saturated heterocycles. The summed E-state index contributed by atoms with van der Waals surface area (Å²) in [6.45, 7) is 6.23. The average molecular weight is 599 g/mol. The first kappa shape index (κ1) is 36.6. The average Bonchev–Trinajstić information content (AvgIpc) is 2.97.